The summed E-state index contributed by atoms with van der Waals surface area (Å²) in [6.07, 6.45) is 7.58. The van der Waals surface area contributed by atoms with E-state index in [-0.39, 0.29) is 12.3 Å². The molecular formula is C35H39FN6O3S. The first-order chi connectivity index (χ1) is 22.0. The number of aryl methyl sites for hydroxylation is 1. The summed E-state index contributed by atoms with van der Waals surface area (Å²) in [6, 6.07) is 16.0. The number of halogens is 1. The van der Waals surface area contributed by atoms with Gasteiger partial charge in [-0.05, 0) is 109 Å². The Balaban J connectivity index is 1.27. The van der Waals surface area contributed by atoms with Gasteiger partial charge in [0, 0.05) is 47.0 Å². The average molecular weight is 643 g/mol. The maximum Gasteiger partial charge on any atom is 0.209 e. The molecule has 1 aromatic heterocycles. The van der Waals surface area contributed by atoms with E-state index in [1.165, 1.54) is 25.0 Å². The van der Waals surface area contributed by atoms with E-state index in [2.05, 4.69) is 19.9 Å². The highest BCUT2D eigenvalue weighted by Gasteiger charge is 2.19. The van der Waals surface area contributed by atoms with Crippen molar-refractivity contribution in [2.75, 3.05) is 44.8 Å². The van der Waals surface area contributed by atoms with Crippen LogP contribution in [0.3, 0.4) is 0 Å². The molecule has 9 nitrogen and oxygen atoms in total. The van der Waals surface area contributed by atoms with Crippen molar-refractivity contribution in [2.45, 2.75) is 26.3 Å². The lowest BCUT2D eigenvalue weighted by atomic mass is 9.94. The molecule has 2 aliphatic rings. The highest BCUT2D eigenvalue weighted by atomic mass is 32.2. The lowest BCUT2D eigenvalue weighted by Gasteiger charge is -2.20. The van der Waals surface area contributed by atoms with E-state index < -0.39 is 15.8 Å². The Bertz CT molecular complexity index is 1980. The van der Waals surface area contributed by atoms with Gasteiger partial charge in [-0.2, -0.15) is 0 Å². The molecule has 46 heavy (non-hydrogen) atoms. The maximum atomic E-state index is 14.7. The van der Waals surface area contributed by atoms with Crippen molar-refractivity contribution in [3.05, 3.63) is 106 Å². The number of sulfonamides is 1. The summed E-state index contributed by atoms with van der Waals surface area (Å²) < 4.78 is 46.4. The number of fused-ring (bicyclic) bond motifs is 1. The second-order valence-corrected chi connectivity index (χ2v) is 13.8. The number of hydrogen-bond donors (Lipinski definition) is 5. The third-order valence-electron chi connectivity index (χ3n) is 8.47. The number of nitrogens with two attached hydrogens (primary N) is 1. The number of H-pyrrole nitrogens is 1. The van der Waals surface area contributed by atoms with Crippen LogP contribution in [-0.4, -0.2) is 63.1 Å². The number of benzene rings is 3. The summed E-state index contributed by atoms with van der Waals surface area (Å²) >= 11 is 0. The van der Waals surface area contributed by atoms with Gasteiger partial charge in [0.1, 0.15) is 18.2 Å². The Morgan fingerprint density at radius 2 is 1.91 bits per heavy atom. The number of likely N-dealkylation sites (tertiary alicyclic amines) is 1. The highest BCUT2D eigenvalue weighted by molar-refractivity contribution is 7.88. The smallest absolute Gasteiger partial charge is 0.209 e. The molecule has 0 bridgehead atoms. The fourth-order valence-electron chi connectivity index (χ4n) is 6.08. The molecule has 6 N–H and O–H groups in total. The van der Waals surface area contributed by atoms with E-state index in [1.807, 2.05) is 55.6 Å². The largest absolute Gasteiger partial charge is 0.495 e. The van der Waals surface area contributed by atoms with Gasteiger partial charge in [0.05, 0.1) is 24.2 Å². The van der Waals surface area contributed by atoms with Crippen molar-refractivity contribution < 1.29 is 17.5 Å². The number of nitrogens with one attached hydrogen (secondary N) is 4. The molecule has 240 valence electrons. The van der Waals surface area contributed by atoms with Gasteiger partial charge in [-0.15, -0.1) is 0 Å². The zero-order chi connectivity index (χ0) is 32.4. The number of hydrogen-bond acceptors (Lipinski definition) is 7. The summed E-state index contributed by atoms with van der Waals surface area (Å²) in [6.45, 7) is 6.38. The molecule has 0 radical (unpaired) electrons. The molecule has 3 heterocycles. The van der Waals surface area contributed by atoms with Crippen LogP contribution < -0.4 is 15.8 Å². The number of ether oxygens (including phenoxy) is 1. The molecule has 0 saturated carbocycles. The van der Waals surface area contributed by atoms with Gasteiger partial charge in [0.15, 0.2) is 0 Å². The normalized spacial score (nSPS) is 15.5. The fraction of sp³-hybridized carbons (Fsp3) is 0.286. The first kappa shape index (κ1) is 31.5. The Hall–Kier alpha value is -4.45. The molecule has 0 spiro atoms. The van der Waals surface area contributed by atoms with Gasteiger partial charge in [0.2, 0.25) is 10.0 Å². The molecule has 0 unspecified atom stereocenters. The van der Waals surface area contributed by atoms with E-state index in [9.17, 15) is 18.2 Å². The monoisotopic (exact) mass is 642 g/mol. The molecule has 0 amide bonds. The summed E-state index contributed by atoms with van der Waals surface area (Å²) in [7, 11) is -3.44. The molecule has 0 aliphatic carbocycles. The van der Waals surface area contributed by atoms with Crippen LogP contribution >= 0.6 is 0 Å². The van der Waals surface area contributed by atoms with Gasteiger partial charge >= 0.3 is 0 Å². The maximum absolute atomic E-state index is 14.7. The molecule has 6 rings (SSSR count). The molecular weight excluding hydrogens is 603 g/mol. The number of allylic oxidation sites excluding steroid dienone is 2. The molecule has 0 atom stereocenters. The number of anilines is 1. The highest BCUT2D eigenvalue weighted by Crippen LogP contribution is 2.33. The third-order valence-corrected chi connectivity index (χ3v) is 9.14. The van der Waals surface area contributed by atoms with Crippen LogP contribution in [0.15, 0.2) is 72.6 Å². The SMILES string of the molecule is Cc1cc(C2=CNCC(OCCN3CCCC3)=C2)cc(C(=N)c2cc3c(-c4cc(F)cc(CNS(C)(=O)=O)c4)cccc3[nH]2)c1N. The number of nitrogen functional groups attached to an aromatic ring is 1. The molecule has 3 aromatic carbocycles. The third kappa shape index (κ3) is 7.17. The van der Waals surface area contributed by atoms with Gasteiger partial charge < -0.3 is 20.8 Å². The summed E-state index contributed by atoms with van der Waals surface area (Å²) in [5.41, 5.74) is 13.9. The van der Waals surface area contributed by atoms with E-state index in [4.69, 9.17) is 10.5 Å². The van der Waals surface area contributed by atoms with Crippen LogP contribution in [-0.2, 0) is 21.3 Å². The summed E-state index contributed by atoms with van der Waals surface area (Å²) in [4.78, 5) is 5.78. The standard InChI is InChI=1S/C35H39FN6O3S/c1-22-12-24(26-16-28(21-39-20-26)45-11-10-42-8-3-4-9-42)17-31(34(22)37)35(38)33-18-30-29(6-5-7-32(30)41-33)25-13-23(14-27(36)15-25)19-40-46(2,43)44/h5-7,12-18,20,38-41H,3-4,8-11,19,21,37H2,1-2H3. The zero-order valence-electron chi connectivity index (χ0n) is 26.0. The topological polar surface area (TPSA) is 136 Å². The molecule has 4 aromatic rings. The van der Waals surface area contributed by atoms with Crippen LogP contribution in [0.2, 0.25) is 0 Å². The molecule has 11 heteroatoms. The minimum Gasteiger partial charge on any atom is -0.495 e. The van der Waals surface area contributed by atoms with Crippen LogP contribution in [0.25, 0.3) is 27.6 Å². The van der Waals surface area contributed by atoms with Crippen LogP contribution in [0.4, 0.5) is 10.1 Å². The minimum atomic E-state index is -3.44. The predicted molar refractivity (Wildman–Crippen MR) is 183 cm³/mol. The second kappa shape index (κ2) is 13.1. The number of aromatic nitrogens is 1. The van der Waals surface area contributed by atoms with E-state index >= 15 is 0 Å². The second-order valence-electron chi connectivity index (χ2n) is 12.0. The lowest BCUT2D eigenvalue weighted by molar-refractivity contribution is 0.167. The quantitative estimate of drug-likeness (QED) is 0.112. The number of aromatic amines is 1. The molecule has 2 aliphatic heterocycles. The van der Waals surface area contributed by atoms with Crippen molar-refractivity contribution in [1.29, 1.82) is 5.41 Å². The van der Waals surface area contributed by atoms with Crippen molar-refractivity contribution in [3.63, 3.8) is 0 Å². The summed E-state index contributed by atoms with van der Waals surface area (Å²) in [5, 5.41) is 13.3. The van der Waals surface area contributed by atoms with Crippen LogP contribution in [0.1, 0.15) is 40.8 Å². The predicted octanol–water partition coefficient (Wildman–Crippen LogP) is 5.27. The van der Waals surface area contributed by atoms with E-state index in [1.54, 1.807) is 6.07 Å². The van der Waals surface area contributed by atoms with Gasteiger partial charge in [-0.1, -0.05) is 12.1 Å². The van der Waals surface area contributed by atoms with Crippen molar-refractivity contribution in [2.24, 2.45) is 0 Å². The minimum absolute atomic E-state index is 0.0229. The Morgan fingerprint density at radius 3 is 2.70 bits per heavy atom. The zero-order valence-corrected chi connectivity index (χ0v) is 26.9. The van der Waals surface area contributed by atoms with Gasteiger partial charge in [-0.3, -0.25) is 10.3 Å². The lowest BCUT2D eigenvalue weighted by Crippen LogP contribution is -2.25. The van der Waals surface area contributed by atoms with Gasteiger partial charge in [0.25, 0.3) is 0 Å². The van der Waals surface area contributed by atoms with Crippen molar-refractivity contribution >= 4 is 37.9 Å². The number of rotatable bonds is 11. The van der Waals surface area contributed by atoms with Crippen molar-refractivity contribution in [1.82, 2.24) is 19.9 Å². The first-order valence-corrected chi connectivity index (χ1v) is 17.3. The summed E-state index contributed by atoms with van der Waals surface area (Å²) in [5.74, 6) is 0.405. The van der Waals surface area contributed by atoms with E-state index in [0.717, 1.165) is 64.8 Å². The number of nitrogens with zero attached hydrogens (tertiary/aromatic N) is 1. The Labute approximate surface area is 268 Å². The Kier molecular flexibility index (Phi) is 8.99. The van der Waals surface area contributed by atoms with Crippen LogP contribution in [0.5, 0.6) is 0 Å². The van der Waals surface area contributed by atoms with Crippen LogP contribution in [0, 0.1) is 18.2 Å². The first-order valence-electron chi connectivity index (χ1n) is 15.4. The Morgan fingerprint density at radius 1 is 1.11 bits per heavy atom. The molecule has 1 fully saturated rings. The number of dihydropyridines is 1. The van der Waals surface area contributed by atoms with Crippen molar-refractivity contribution in [3.8, 4) is 11.1 Å². The average Bonchev–Trinajstić information content (AvgIpc) is 3.71. The fourth-order valence-corrected chi connectivity index (χ4v) is 6.51. The van der Waals surface area contributed by atoms with Gasteiger partial charge in [-0.25, -0.2) is 17.5 Å². The molecule has 1 saturated heterocycles. The van der Waals surface area contributed by atoms with E-state index in [0.29, 0.717) is 41.2 Å².